The van der Waals surface area contributed by atoms with Gasteiger partial charge >= 0.3 is 0 Å². The van der Waals surface area contributed by atoms with Gasteiger partial charge in [0.2, 0.25) is 5.91 Å². The Morgan fingerprint density at radius 2 is 1.96 bits per heavy atom. The summed E-state index contributed by atoms with van der Waals surface area (Å²) in [5.74, 6) is 2.12. The second kappa shape index (κ2) is 8.10. The van der Waals surface area contributed by atoms with E-state index >= 15 is 0 Å². The van der Waals surface area contributed by atoms with Crippen LogP contribution in [-0.4, -0.2) is 54.6 Å². The minimum absolute atomic E-state index is 0.236. The molecule has 2 saturated carbocycles. The van der Waals surface area contributed by atoms with Gasteiger partial charge in [-0.05, 0) is 43.6 Å². The van der Waals surface area contributed by atoms with Crippen LogP contribution in [0.15, 0.2) is 30.3 Å². The van der Waals surface area contributed by atoms with Crippen LogP contribution >= 0.6 is 0 Å². The molecule has 0 aromatic heterocycles. The fraction of sp³-hybridized carbons (Fsp3) is 0.682. The van der Waals surface area contributed by atoms with E-state index in [9.17, 15) is 4.79 Å². The second-order valence-corrected chi connectivity index (χ2v) is 8.50. The van der Waals surface area contributed by atoms with Gasteiger partial charge in [-0.3, -0.25) is 9.69 Å². The van der Waals surface area contributed by atoms with Gasteiger partial charge in [0.1, 0.15) is 0 Å². The third-order valence-electron chi connectivity index (χ3n) is 6.69. The Kier molecular flexibility index (Phi) is 5.60. The number of ether oxygens (including phenoxy) is 1. The fourth-order valence-corrected chi connectivity index (χ4v) is 5.25. The third kappa shape index (κ3) is 3.96. The number of nitrogens with zero attached hydrogens (tertiary/aromatic N) is 2. The van der Waals surface area contributed by atoms with E-state index in [1.54, 1.807) is 0 Å². The maximum Gasteiger partial charge on any atom is 0.226 e. The summed E-state index contributed by atoms with van der Waals surface area (Å²) >= 11 is 0. The number of carbonyl (C=O) groups excluding carboxylic acids is 1. The molecule has 1 aliphatic heterocycles. The molecule has 3 fully saturated rings. The average Bonchev–Trinajstić information content (AvgIpc) is 3.31. The van der Waals surface area contributed by atoms with Gasteiger partial charge in [0.15, 0.2) is 0 Å². The minimum atomic E-state index is 0.236. The molecule has 26 heavy (non-hydrogen) atoms. The highest BCUT2D eigenvalue weighted by Gasteiger charge is 2.45. The first-order valence-corrected chi connectivity index (χ1v) is 10.3. The maximum absolute atomic E-state index is 13.5. The smallest absolute Gasteiger partial charge is 0.226 e. The first-order valence-electron chi connectivity index (χ1n) is 10.3. The summed E-state index contributed by atoms with van der Waals surface area (Å²) < 4.78 is 5.48. The lowest BCUT2D eigenvalue weighted by Gasteiger charge is -2.37. The number of hydrogen-bond acceptors (Lipinski definition) is 3. The zero-order chi connectivity index (χ0) is 17.9. The SMILES string of the molecule is CC(CN1CCOCC1)N(Cc1ccccc1)C(=O)C1CC2CCC1C2. The summed E-state index contributed by atoms with van der Waals surface area (Å²) in [7, 11) is 0. The first-order chi connectivity index (χ1) is 12.7. The van der Waals surface area contributed by atoms with Crippen molar-refractivity contribution in [1.82, 2.24) is 9.80 Å². The summed E-state index contributed by atoms with van der Waals surface area (Å²) in [5, 5.41) is 0. The van der Waals surface area contributed by atoms with Crippen molar-refractivity contribution in [3.8, 4) is 0 Å². The highest BCUT2D eigenvalue weighted by atomic mass is 16.5. The predicted molar refractivity (Wildman–Crippen MR) is 103 cm³/mol. The van der Waals surface area contributed by atoms with E-state index in [1.807, 2.05) is 6.07 Å². The number of morpholine rings is 1. The van der Waals surface area contributed by atoms with Crippen molar-refractivity contribution in [2.45, 2.75) is 45.2 Å². The predicted octanol–water partition coefficient (Wildman–Crippen LogP) is 3.17. The molecular formula is C22H32N2O2. The Balaban J connectivity index is 1.47. The molecule has 1 amide bonds. The van der Waals surface area contributed by atoms with E-state index in [0.29, 0.717) is 11.8 Å². The lowest BCUT2D eigenvalue weighted by Crippen LogP contribution is -2.49. The van der Waals surface area contributed by atoms with E-state index in [4.69, 9.17) is 4.74 Å². The molecule has 0 N–H and O–H groups in total. The van der Waals surface area contributed by atoms with Crippen molar-refractivity contribution in [2.24, 2.45) is 17.8 Å². The summed E-state index contributed by atoms with van der Waals surface area (Å²) in [6.07, 6.45) is 5.01. The molecule has 1 aromatic rings. The fourth-order valence-electron chi connectivity index (χ4n) is 5.25. The van der Waals surface area contributed by atoms with Gasteiger partial charge in [0.05, 0.1) is 13.2 Å². The van der Waals surface area contributed by atoms with Gasteiger partial charge in [0, 0.05) is 38.1 Å². The monoisotopic (exact) mass is 356 g/mol. The number of carbonyl (C=O) groups is 1. The quantitative estimate of drug-likeness (QED) is 0.785. The van der Waals surface area contributed by atoms with Crippen molar-refractivity contribution < 1.29 is 9.53 Å². The van der Waals surface area contributed by atoms with Crippen molar-refractivity contribution in [2.75, 3.05) is 32.8 Å². The van der Waals surface area contributed by atoms with Crippen LogP contribution in [0.3, 0.4) is 0 Å². The Labute approximate surface area is 157 Å². The zero-order valence-electron chi connectivity index (χ0n) is 16.0. The summed E-state index contributed by atoms with van der Waals surface area (Å²) in [6.45, 7) is 7.49. The molecule has 3 aliphatic rings. The molecule has 4 unspecified atom stereocenters. The van der Waals surface area contributed by atoms with Gasteiger partial charge in [0.25, 0.3) is 0 Å². The van der Waals surface area contributed by atoms with Crippen LogP contribution in [-0.2, 0) is 16.1 Å². The van der Waals surface area contributed by atoms with E-state index in [0.717, 1.165) is 51.7 Å². The number of amides is 1. The molecule has 4 nitrogen and oxygen atoms in total. The van der Waals surface area contributed by atoms with Crippen molar-refractivity contribution in [3.63, 3.8) is 0 Å². The molecule has 4 atom stereocenters. The molecular weight excluding hydrogens is 324 g/mol. The average molecular weight is 357 g/mol. The van der Waals surface area contributed by atoms with Gasteiger partial charge < -0.3 is 9.64 Å². The van der Waals surface area contributed by atoms with Gasteiger partial charge in [-0.1, -0.05) is 36.8 Å². The molecule has 2 aliphatic carbocycles. The van der Waals surface area contributed by atoms with E-state index in [-0.39, 0.29) is 12.0 Å². The van der Waals surface area contributed by atoms with Crippen LogP contribution in [0.2, 0.25) is 0 Å². The van der Waals surface area contributed by atoms with E-state index in [2.05, 4.69) is 41.0 Å². The maximum atomic E-state index is 13.5. The second-order valence-electron chi connectivity index (χ2n) is 8.50. The summed E-state index contributed by atoms with van der Waals surface area (Å²) in [6, 6.07) is 10.7. The molecule has 0 spiro atoms. The van der Waals surface area contributed by atoms with Gasteiger partial charge in [-0.25, -0.2) is 0 Å². The Hall–Kier alpha value is -1.39. The highest BCUT2D eigenvalue weighted by molar-refractivity contribution is 5.80. The topological polar surface area (TPSA) is 32.8 Å². The number of rotatable bonds is 6. The van der Waals surface area contributed by atoms with E-state index in [1.165, 1.54) is 24.8 Å². The number of benzene rings is 1. The van der Waals surface area contributed by atoms with Crippen LogP contribution in [0.1, 0.15) is 38.2 Å². The van der Waals surface area contributed by atoms with Crippen LogP contribution in [0, 0.1) is 17.8 Å². The standard InChI is InChI=1S/C22H32N2O2/c1-17(15-23-9-11-26-12-10-23)24(16-18-5-3-2-4-6-18)22(25)21-14-19-7-8-20(21)13-19/h2-6,17,19-21H,7-16H2,1H3. The highest BCUT2D eigenvalue weighted by Crippen LogP contribution is 2.49. The Morgan fingerprint density at radius 3 is 2.62 bits per heavy atom. The molecule has 4 heteroatoms. The minimum Gasteiger partial charge on any atom is -0.379 e. The lowest BCUT2D eigenvalue weighted by atomic mass is 9.87. The van der Waals surface area contributed by atoms with Crippen LogP contribution in [0.5, 0.6) is 0 Å². The zero-order valence-corrected chi connectivity index (χ0v) is 16.0. The van der Waals surface area contributed by atoms with E-state index < -0.39 is 0 Å². The first kappa shape index (κ1) is 18.0. The molecule has 1 saturated heterocycles. The molecule has 4 rings (SSSR count). The molecule has 142 valence electrons. The molecule has 0 radical (unpaired) electrons. The lowest BCUT2D eigenvalue weighted by molar-refractivity contribution is -0.140. The molecule has 1 aromatic carbocycles. The van der Waals surface area contributed by atoms with Gasteiger partial charge in [-0.2, -0.15) is 0 Å². The molecule has 1 heterocycles. The Morgan fingerprint density at radius 1 is 1.19 bits per heavy atom. The van der Waals surface area contributed by atoms with Crippen molar-refractivity contribution in [3.05, 3.63) is 35.9 Å². The van der Waals surface area contributed by atoms with Crippen LogP contribution in [0.25, 0.3) is 0 Å². The van der Waals surface area contributed by atoms with Crippen molar-refractivity contribution >= 4 is 5.91 Å². The number of fused-ring (bicyclic) bond motifs is 2. The normalized spacial score (nSPS) is 29.7. The Bertz CT molecular complexity index is 599. The van der Waals surface area contributed by atoms with Crippen molar-refractivity contribution in [1.29, 1.82) is 0 Å². The van der Waals surface area contributed by atoms with Gasteiger partial charge in [-0.15, -0.1) is 0 Å². The van der Waals surface area contributed by atoms with Crippen LogP contribution in [0.4, 0.5) is 0 Å². The summed E-state index contributed by atoms with van der Waals surface area (Å²) in [5.41, 5.74) is 1.23. The third-order valence-corrected chi connectivity index (χ3v) is 6.69. The summed E-state index contributed by atoms with van der Waals surface area (Å²) in [4.78, 5) is 18.1. The number of hydrogen-bond donors (Lipinski definition) is 0. The van der Waals surface area contributed by atoms with Crippen LogP contribution < -0.4 is 0 Å². The molecule has 2 bridgehead atoms. The largest absolute Gasteiger partial charge is 0.379 e.